The molecule has 1 fully saturated rings. The molecule has 25 heavy (non-hydrogen) atoms. The van der Waals surface area contributed by atoms with E-state index in [-0.39, 0.29) is 36.6 Å². The lowest BCUT2D eigenvalue weighted by atomic mass is 10.1. The number of piperazine rings is 1. The fraction of sp³-hybridized carbons (Fsp3) is 0.529. The summed E-state index contributed by atoms with van der Waals surface area (Å²) in [5.41, 5.74) is 6.94. The second-order valence-corrected chi connectivity index (χ2v) is 6.02. The van der Waals surface area contributed by atoms with E-state index in [2.05, 4.69) is 17.3 Å². The standard InChI is InChI=1S/C17H26N4O2.2ClH/c1-20-9-11-21(12-10-20)16(22)7-8-19-17(23)15(18)13-14-5-3-2-4-6-14;;/h2-6,15H,7-13,18H2,1H3,(H,19,23);2*1H. The molecule has 1 aliphatic heterocycles. The quantitative estimate of drug-likeness (QED) is 0.748. The third kappa shape index (κ3) is 8.05. The Morgan fingerprint density at radius 1 is 1.12 bits per heavy atom. The highest BCUT2D eigenvalue weighted by atomic mass is 35.5. The second kappa shape index (κ2) is 12.1. The highest BCUT2D eigenvalue weighted by Gasteiger charge is 2.19. The molecule has 0 aromatic heterocycles. The highest BCUT2D eigenvalue weighted by molar-refractivity contribution is 5.85. The summed E-state index contributed by atoms with van der Waals surface area (Å²) in [7, 11) is 2.05. The molecule has 0 aliphatic carbocycles. The minimum atomic E-state index is -0.587. The lowest BCUT2D eigenvalue weighted by Crippen LogP contribution is -2.48. The monoisotopic (exact) mass is 390 g/mol. The van der Waals surface area contributed by atoms with Gasteiger partial charge in [0.05, 0.1) is 6.04 Å². The average molecular weight is 391 g/mol. The number of likely N-dealkylation sites (N-methyl/N-ethyl adjacent to an activating group) is 1. The zero-order valence-electron chi connectivity index (χ0n) is 14.5. The molecule has 1 unspecified atom stereocenters. The minimum Gasteiger partial charge on any atom is -0.354 e. The number of hydrogen-bond donors (Lipinski definition) is 2. The van der Waals surface area contributed by atoms with Gasteiger partial charge in [-0.15, -0.1) is 24.8 Å². The van der Waals surface area contributed by atoms with Crippen molar-refractivity contribution in [1.82, 2.24) is 15.1 Å². The summed E-state index contributed by atoms with van der Waals surface area (Å²) in [6.45, 7) is 3.67. The van der Waals surface area contributed by atoms with Gasteiger partial charge in [-0.1, -0.05) is 30.3 Å². The molecule has 3 N–H and O–H groups in total. The van der Waals surface area contributed by atoms with Crippen molar-refractivity contribution in [3.05, 3.63) is 35.9 Å². The summed E-state index contributed by atoms with van der Waals surface area (Å²) in [6, 6.07) is 9.09. The van der Waals surface area contributed by atoms with Crippen LogP contribution in [-0.2, 0) is 16.0 Å². The van der Waals surface area contributed by atoms with E-state index >= 15 is 0 Å². The Kier molecular flexibility index (Phi) is 11.4. The zero-order chi connectivity index (χ0) is 16.7. The topological polar surface area (TPSA) is 78.7 Å². The first-order chi connectivity index (χ1) is 11.1. The number of amides is 2. The van der Waals surface area contributed by atoms with E-state index in [1.807, 2.05) is 35.2 Å². The van der Waals surface area contributed by atoms with Crippen LogP contribution < -0.4 is 11.1 Å². The lowest BCUT2D eigenvalue weighted by Gasteiger charge is -2.32. The highest BCUT2D eigenvalue weighted by Crippen LogP contribution is 2.03. The van der Waals surface area contributed by atoms with Gasteiger partial charge in [-0.3, -0.25) is 9.59 Å². The van der Waals surface area contributed by atoms with Crippen LogP contribution in [0.1, 0.15) is 12.0 Å². The van der Waals surface area contributed by atoms with Crippen molar-refractivity contribution in [2.45, 2.75) is 18.9 Å². The SMILES string of the molecule is CN1CCN(C(=O)CCNC(=O)C(N)Cc2ccccc2)CC1.Cl.Cl. The predicted molar refractivity (Wildman–Crippen MR) is 104 cm³/mol. The lowest BCUT2D eigenvalue weighted by molar-refractivity contribution is -0.132. The summed E-state index contributed by atoms with van der Waals surface area (Å²) < 4.78 is 0. The molecule has 0 radical (unpaired) electrons. The number of rotatable bonds is 6. The van der Waals surface area contributed by atoms with Crippen LogP contribution in [0.3, 0.4) is 0 Å². The normalized spacial score (nSPS) is 15.5. The van der Waals surface area contributed by atoms with E-state index in [9.17, 15) is 9.59 Å². The number of carbonyl (C=O) groups is 2. The van der Waals surface area contributed by atoms with Crippen LogP contribution in [0.25, 0.3) is 0 Å². The largest absolute Gasteiger partial charge is 0.354 e. The van der Waals surface area contributed by atoms with E-state index in [1.165, 1.54) is 0 Å². The molecule has 2 amide bonds. The van der Waals surface area contributed by atoms with Gasteiger partial charge in [0.2, 0.25) is 11.8 Å². The van der Waals surface area contributed by atoms with Crippen molar-refractivity contribution >= 4 is 36.6 Å². The molecule has 0 bridgehead atoms. The molecule has 6 nitrogen and oxygen atoms in total. The first kappa shape index (κ1) is 23.7. The Morgan fingerprint density at radius 3 is 2.32 bits per heavy atom. The molecule has 1 aromatic carbocycles. The van der Waals surface area contributed by atoms with Crippen LogP contribution in [0.4, 0.5) is 0 Å². The summed E-state index contributed by atoms with van der Waals surface area (Å²) in [5.74, 6) is -0.116. The van der Waals surface area contributed by atoms with Gasteiger partial charge in [-0.25, -0.2) is 0 Å². The van der Waals surface area contributed by atoms with Gasteiger partial charge in [0.25, 0.3) is 0 Å². The Labute approximate surface area is 161 Å². The van der Waals surface area contributed by atoms with Crippen LogP contribution in [0.2, 0.25) is 0 Å². The summed E-state index contributed by atoms with van der Waals surface area (Å²) in [6.07, 6.45) is 0.826. The van der Waals surface area contributed by atoms with Gasteiger partial charge in [0, 0.05) is 39.1 Å². The van der Waals surface area contributed by atoms with Crippen LogP contribution in [-0.4, -0.2) is 67.4 Å². The molecule has 1 heterocycles. The van der Waals surface area contributed by atoms with Gasteiger partial charge < -0.3 is 20.9 Å². The molecule has 8 heteroatoms. The third-order valence-corrected chi connectivity index (χ3v) is 4.13. The molecule has 1 saturated heterocycles. The van der Waals surface area contributed by atoms with Crippen LogP contribution in [0.15, 0.2) is 30.3 Å². The molecule has 2 rings (SSSR count). The molecule has 0 spiro atoms. The van der Waals surface area contributed by atoms with Crippen LogP contribution >= 0.6 is 24.8 Å². The maximum absolute atomic E-state index is 12.1. The number of nitrogens with two attached hydrogens (primary N) is 1. The van der Waals surface area contributed by atoms with Crippen molar-refractivity contribution in [2.75, 3.05) is 39.8 Å². The van der Waals surface area contributed by atoms with Crippen LogP contribution in [0, 0.1) is 0 Å². The molecule has 1 aromatic rings. The van der Waals surface area contributed by atoms with E-state index < -0.39 is 6.04 Å². The molecule has 142 valence electrons. The Bertz CT molecular complexity index is 523. The Balaban J connectivity index is 0.00000288. The zero-order valence-corrected chi connectivity index (χ0v) is 16.2. The van der Waals surface area contributed by atoms with Gasteiger partial charge in [-0.05, 0) is 19.0 Å². The average Bonchev–Trinajstić information content (AvgIpc) is 2.56. The first-order valence-corrected chi connectivity index (χ1v) is 8.10. The summed E-state index contributed by atoms with van der Waals surface area (Å²) >= 11 is 0. The number of benzene rings is 1. The number of nitrogens with zero attached hydrogens (tertiary/aromatic N) is 2. The Hall–Kier alpha value is -1.34. The number of halogens is 2. The summed E-state index contributed by atoms with van der Waals surface area (Å²) in [4.78, 5) is 28.1. The fourth-order valence-electron chi connectivity index (χ4n) is 2.60. The van der Waals surface area contributed by atoms with Gasteiger partial charge >= 0.3 is 0 Å². The third-order valence-electron chi connectivity index (χ3n) is 4.13. The molecular formula is C17H28Cl2N4O2. The number of hydrogen-bond acceptors (Lipinski definition) is 4. The van der Waals surface area contributed by atoms with Crippen molar-refractivity contribution in [3.63, 3.8) is 0 Å². The molecule has 0 saturated carbocycles. The van der Waals surface area contributed by atoms with Crippen molar-refractivity contribution in [1.29, 1.82) is 0 Å². The number of carbonyl (C=O) groups excluding carboxylic acids is 2. The minimum absolute atomic E-state index is 0. The first-order valence-electron chi connectivity index (χ1n) is 8.10. The van der Waals surface area contributed by atoms with E-state index in [0.29, 0.717) is 19.4 Å². The van der Waals surface area contributed by atoms with E-state index in [1.54, 1.807) is 0 Å². The maximum Gasteiger partial charge on any atom is 0.237 e. The number of nitrogens with one attached hydrogen (secondary N) is 1. The van der Waals surface area contributed by atoms with Crippen molar-refractivity contribution < 1.29 is 9.59 Å². The predicted octanol–water partition coefficient (Wildman–Crippen LogP) is 0.680. The van der Waals surface area contributed by atoms with Crippen LogP contribution in [0.5, 0.6) is 0 Å². The molecule has 1 aliphatic rings. The fourth-order valence-corrected chi connectivity index (χ4v) is 2.60. The van der Waals surface area contributed by atoms with E-state index in [0.717, 1.165) is 31.7 Å². The maximum atomic E-state index is 12.1. The summed E-state index contributed by atoms with van der Waals surface area (Å²) in [5, 5.41) is 2.76. The molecular weight excluding hydrogens is 363 g/mol. The second-order valence-electron chi connectivity index (χ2n) is 6.02. The van der Waals surface area contributed by atoms with Gasteiger partial charge in [0.15, 0.2) is 0 Å². The molecule has 1 atom stereocenters. The Morgan fingerprint density at radius 2 is 1.72 bits per heavy atom. The van der Waals surface area contributed by atoms with Gasteiger partial charge in [-0.2, -0.15) is 0 Å². The van der Waals surface area contributed by atoms with E-state index in [4.69, 9.17) is 5.73 Å². The van der Waals surface area contributed by atoms with Crippen molar-refractivity contribution in [2.24, 2.45) is 5.73 Å². The smallest absolute Gasteiger partial charge is 0.237 e. The van der Waals surface area contributed by atoms with Gasteiger partial charge in [0.1, 0.15) is 0 Å². The van der Waals surface area contributed by atoms with Crippen molar-refractivity contribution in [3.8, 4) is 0 Å².